The van der Waals surface area contributed by atoms with Gasteiger partial charge in [-0.05, 0) is 18.9 Å². The van der Waals surface area contributed by atoms with Crippen molar-refractivity contribution in [2.24, 2.45) is 5.92 Å². The molecule has 0 saturated carbocycles. The maximum atomic E-state index is 12.0. The van der Waals surface area contributed by atoms with Gasteiger partial charge in [0.1, 0.15) is 0 Å². The topological polar surface area (TPSA) is 98.6 Å². The van der Waals surface area contributed by atoms with E-state index in [0.717, 1.165) is 19.4 Å². The second kappa shape index (κ2) is 7.16. The normalized spacial score (nSPS) is 20.5. The molecule has 1 fully saturated rings. The number of nitrogens with one attached hydrogen (secondary N) is 1. The SMILES string of the molecule is O=C(NC[C@H](O)CO)[C@@H]1CCCN(c2ncccn2)C1. The fraction of sp³-hybridized carbons (Fsp3) is 0.615. The molecule has 2 rings (SSSR count). The second-order valence-electron chi connectivity index (χ2n) is 4.92. The summed E-state index contributed by atoms with van der Waals surface area (Å²) in [6.45, 7) is 1.14. The van der Waals surface area contributed by atoms with Crippen LogP contribution in [0, 0.1) is 5.92 Å². The van der Waals surface area contributed by atoms with Crippen LogP contribution in [-0.2, 0) is 4.79 Å². The number of rotatable bonds is 5. The fourth-order valence-corrected chi connectivity index (χ4v) is 2.25. The van der Waals surface area contributed by atoms with Gasteiger partial charge in [0.25, 0.3) is 0 Å². The molecular weight excluding hydrogens is 260 g/mol. The summed E-state index contributed by atoms with van der Waals surface area (Å²) in [5.41, 5.74) is 0. The summed E-state index contributed by atoms with van der Waals surface area (Å²) in [4.78, 5) is 22.4. The molecule has 2 heterocycles. The molecule has 1 aliphatic heterocycles. The van der Waals surface area contributed by atoms with Crippen molar-refractivity contribution in [1.82, 2.24) is 15.3 Å². The molecule has 0 unspecified atom stereocenters. The van der Waals surface area contributed by atoms with Gasteiger partial charge in [0.05, 0.1) is 18.6 Å². The number of carbonyl (C=O) groups excluding carboxylic acids is 1. The first-order valence-corrected chi connectivity index (χ1v) is 6.79. The van der Waals surface area contributed by atoms with Crippen LogP contribution < -0.4 is 10.2 Å². The summed E-state index contributed by atoms with van der Waals surface area (Å²) in [7, 11) is 0. The number of aliphatic hydroxyl groups is 2. The standard InChI is InChI=1S/C13H20N4O3/c18-9-11(19)7-16-12(20)10-3-1-6-17(8-10)13-14-4-2-5-15-13/h2,4-5,10-11,18-19H,1,3,6-9H2,(H,16,20)/t10-,11+/m1/s1. The van der Waals surface area contributed by atoms with E-state index < -0.39 is 6.10 Å². The van der Waals surface area contributed by atoms with Crippen molar-refractivity contribution in [2.45, 2.75) is 18.9 Å². The van der Waals surface area contributed by atoms with Crippen molar-refractivity contribution in [3.8, 4) is 0 Å². The zero-order chi connectivity index (χ0) is 14.4. The minimum absolute atomic E-state index is 0.0771. The Bertz CT molecular complexity index is 429. The lowest BCUT2D eigenvalue weighted by atomic mass is 9.97. The first-order valence-electron chi connectivity index (χ1n) is 6.79. The molecule has 0 spiro atoms. The summed E-state index contributed by atoms with van der Waals surface area (Å²) in [6.07, 6.45) is 4.17. The molecule has 1 aromatic heterocycles. The Balaban J connectivity index is 1.88. The van der Waals surface area contributed by atoms with E-state index in [1.54, 1.807) is 18.5 Å². The molecule has 0 radical (unpaired) electrons. The third-order valence-corrected chi connectivity index (χ3v) is 3.35. The molecule has 7 heteroatoms. The van der Waals surface area contributed by atoms with Gasteiger partial charge in [0.15, 0.2) is 0 Å². The third kappa shape index (κ3) is 3.88. The number of piperidine rings is 1. The number of aromatic nitrogens is 2. The molecule has 20 heavy (non-hydrogen) atoms. The quantitative estimate of drug-likeness (QED) is 0.650. The number of hydrogen-bond acceptors (Lipinski definition) is 6. The number of nitrogens with zero attached hydrogens (tertiary/aromatic N) is 3. The van der Waals surface area contributed by atoms with Crippen LogP contribution in [0.5, 0.6) is 0 Å². The lowest BCUT2D eigenvalue weighted by Gasteiger charge is -2.32. The summed E-state index contributed by atoms with van der Waals surface area (Å²) in [5, 5.41) is 20.6. The summed E-state index contributed by atoms with van der Waals surface area (Å²) in [5.74, 6) is 0.400. The van der Waals surface area contributed by atoms with Crippen LogP contribution in [-0.4, -0.2) is 58.4 Å². The van der Waals surface area contributed by atoms with E-state index in [0.29, 0.717) is 12.5 Å². The van der Waals surface area contributed by atoms with Crippen LogP contribution >= 0.6 is 0 Å². The van der Waals surface area contributed by atoms with E-state index in [1.165, 1.54) is 0 Å². The number of amides is 1. The van der Waals surface area contributed by atoms with Gasteiger partial charge in [-0.15, -0.1) is 0 Å². The minimum atomic E-state index is -0.906. The molecule has 0 aliphatic carbocycles. The molecular formula is C13H20N4O3. The largest absolute Gasteiger partial charge is 0.394 e. The van der Waals surface area contributed by atoms with Crippen LogP contribution in [0.25, 0.3) is 0 Å². The summed E-state index contributed by atoms with van der Waals surface area (Å²) >= 11 is 0. The van der Waals surface area contributed by atoms with Crippen molar-refractivity contribution in [2.75, 3.05) is 31.1 Å². The molecule has 2 atom stereocenters. The van der Waals surface area contributed by atoms with E-state index >= 15 is 0 Å². The predicted molar refractivity (Wildman–Crippen MR) is 73.1 cm³/mol. The zero-order valence-electron chi connectivity index (χ0n) is 11.3. The summed E-state index contributed by atoms with van der Waals surface area (Å²) < 4.78 is 0. The third-order valence-electron chi connectivity index (χ3n) is 3.35. The smallest absolute Gasteiger partial charge is 0.225 e. The Hall–Kier alpha value is -1.73. The van der Waals surface area contributed by atoms with E-state index in [4.69, 9.17) is 5.11 Å². The first kappa shape index (κ1) is 14.7. The van der Waals surface area contributed by atoms with Gasteiger partial charge >= 0.3 is 0 Å². The number of hydrogen-bond donors (Lipinski definition) is 3. The molecule has 7 nitrogen and oxygen atoms in total. The number of anilines is 1. The highest BCUT2D eigenvalue weighted by Gasteiger charge is 2.27. The number of aliphatic hydroxyl groups excluding tert-OH is 2. The Kier molecular flexibility index (Phi) is 5.25. The highest BCUT2D eigenvalue weighted by molar-refractivity contribution is 5.79. The van der Waals surface area contributed by atoms with Crippen LogP contribution in [0.4, 0.5) is 5.95 Å². The van der Waals surface area contributed by atoms with Crippen molar-refractivity contribution < 1.29 is 15.0 Å². The summed E-state index contributed by atoms with van der Waals surface area (Å²) in [6, 6.07) is 1.76. The Morgan fingerprint density at radius 3 is 2.95 bits per heavy atom. The van der Waals surface area contributed by atoms with Gasteiger partial charge < -0.3 is 20.4 Å². The molecule has 1 aromatic rings. The monoisotopic (exact) mass is 280 g/mol. The van der Waals surface area contributed by atoms with Gasteiger partial charge in [0, 0.05) is 32.0 Å². The van der Waals surface area contributed by atoms with Crippen molar-refractivity contribution in [3.05, 3.63) is 18.5 Å². The predicted octanol–water partition coefficient (Wildman–Crippen LogP) is -0.838. The van der Waals surface area contributed by atoms with Gasteiger partial charge in [-0.3, -0.25) is 4.79 Å². The van der Waals surface area contributed by atoms with Gasteiger partial charge in [0.2, 0.25) is 11.9 Å². The molecule has 1 aliphatic rings. The lowest BCUT2D eigenvalue weighted by molar-refractivity contribution is -0.125. The van der Waals surface area contributed by atoms with Crippen molar-refractivity contribution >= 4 is 11.9 Å². The molecule has 110 valence electrons. The average molecular weight is 280 g/mol. The van der Waals surface area contributed by atoms with E-state index in [1.807, 2.05) is 4.90 Å². The van der Waals surface area contributed by atoms with Crippen molar-refractivity contribution in [1.29, 1.82) is 0 Å². The number of carbonyl (C=O) groups is 1. The molecule has 1 amide bonds. The molecule has 1 saturated heterocycles. The molecule has 3 N–H and O–H groups in total. The van der Waals surface area contributed by atoms with Crippen LogP contribution in [0.15, 0.2) is 18.5 Å². The fourth-order valence-electron chi connectivity index (χ4n) is 2.25. The lowest BCUT2D eigenvalue weighted by Crippen LogP contribution is -2.45. The van der Waals surface area contributed by atoms with Gasteiger partial charge in [-0.1, -0.05) is 0 Å². The first-order chi connectivity index (χ1) is 9.70. The molecule has 0 aromatic carbocycles. The van der Waals surface area contributed by atoms with E-state index in [9.17, 15) is 9.90 Å². The maximum Gasteiger partial charge on any atom is 0.225 e. The van der Waals surface area contributed by atoms with E-state index in [2.05, 4.69) is 15.3 Å². The molecule has 0 bridgehead atoms. The minimum Gasteiger partial charge on any atom is -0.394 e. The van der Waals surface area contributed by atoms with E-state index in [-0.39, 0.29) is 25.0 Å². The maximum absolute atomic E-state index is 12.0. The Labute approximate surface area is 117 Å². The van der Waals surface area contributed by atoms with Gasteiger partial charge in [-0.2, -0.15) is 0 Å². The van der Waals surface area contributed by atoms with Crippen LogP contribution in [0.3, 0.4) is 0 Å². The van der Waals surface area contributed by atoms with Gasteiger partial charge in [-0.25, -0.2) is 9.97 Å². The zero-order valence-corrected chi connectivity index (χ0v) is 11.3. The highest BCUT2D eigenvalue weighted by atomic mass is 16.3. The average Bonchev–Trinajstić information content (AvgIpc) is 2.53. The highest BCUT2D eigenvalue weighted by Crippen LogP contribution is 2.19. The van der Waals surface area contributed by atoms with Crippen molar-refractivity contribution in [3.63, 3.8) is 0 Å². The Morgan fingerprint density at radius 1 is 1.50 bits per heavy atom. The second-order valence-corrected chi connectivity index (χ2v) is 4.92. The van der Waals surface area contributed by atoms with Crippen LogP contribution in [0.2, 0.25) is 0 Å². The van der Waals surface area contributed by atoms with Crippen LogP contribution in [0.1, 0.15) is 12.8 Å². The Morgan fingerprint density at radius 2 is 2.25 bits per heavy atom.